The second-order valence-corrected chi connectivity index (χ2v) is 5.19. The lowest BCUT2D eigenvalue weighted by molar-refractivity contribution is -0.138. The van der Waals surface area contributed by atoms with E-state index in [1.165, 1.54) is 0 Å². The highest BCUT2D eigenvalue weighted by Gasteiger charge is 2.17. The standard InChI is InChI=1S/C13H24N2O4/c1-5-10(8(2)3)14-13(19)15-11(16)6-9(4)7-12(17)18/h8-10H,5-7H2,1-4H3,(H,17,18)(H2,14,15,16,19). The highest BCUT2D eigenvalue weighted by atomic mass is 16.4. The normalized spacial score (nSPS) is 13.7. The molecule has 19 heavy (non-hydrogen) atoms. The predicted molar refractivity (Wildman–Crippen MR) is 71.6 cm³/mol. The Labute approximate surface area is 113 Å². The van der Waals surface area contributed by atoms with E-state index in [4.69, 9.17) is 5.11 Å². The molecule has 0 fully saturated rings. The molecule has 0 rings (SSSR count). The van der Waals surface area contributed by atoms with Crippen LogP contribution < -0.4 is 10.6 Å². The molecule has 0 saturated heterocycles. The first-order valence-corrected chi connectivity index (χ1v) is 6.58. The van der Waals surface area contributed by atoms with Gasteiger partial charge in [0.15, 0.2) is 0 Å². The zero-order chi connectivity index (χ0) is 15.0. The molecule has 0 heterocycles. The summed E-state index contributed by atoms with van der Waals surface area (Å²) in [5.41, 5.74) is 0. The Morgan fingerprint density at radius 3 is 2.11 bits per heavy atom. The summed E-state index contributed by atoms with van der Waals surface area (Å²) in [5.74, 6) is -1.41. The van der Waals surface area contributed by atoms with Gasteiger partial charge in [-0.25, -0.2) is 4.79 Å². The van der Waals surface area contributed by atoms with E-state index in [2.05, 4.69) is 10.6 Å². The van der Waals surface area contributed by atoms with Gasteiger partial charge < -0.3 is 10.4 Å². The SMILES string of the molecule is CCC(NC(=O)NC(=O)CC(C)CC(=O)O)C(C)C. The van der Waals surface area contributed by atoms with E-state index in [1.807, 2.05) is 20.8 Å². The van der Waals surface area contributed by atoms with Crippen LogP contribution in [0.2, 0.25) is 0 Å². The summed E-state index contributed by atoms with van der Waals surface area (Å²) in [7, 11) is 0. The number of hydrogen-bond donors (Lipinski definition) is 3. The van der Waals surface area contributed by atoms with Gasteiger partial charge in [0.2, 0.25) is 5.91 Å². The summed E-state index contributed by atoms with van der Waals surface area (Å²) in [6.45, 7) is 7.60. The number of aliphatic carboxylic acids is 1. The number of hydrogen-bond acceptors (Lipinski definition) is 3. The molecule has 0 aliphatic heterocycles. The van der Waals surface area contributed by atoms with E-state index in [1.54, 1.807) is 6.92 Å². The summed E-state index contributed by atoms with van der Waals surface area (Å²) in [5, 5.41) is 13.5. The maximum Gasteiger partial charge on any atom is 0.321 e. The number of amides is 3. The number of carboxylic acid groups (broad SMARTS) is 1. The van der Waals surface area contributed by atoms with Gasteiger partial charge in [-0.3, -0.25) is 14.9 Å². The van der Waals surface area contributed by atoms with Gasteiger partial charge in [0.05, 0.1) is 0 Å². The Bertz CT molecular complexity index is 329. The summed E-state index contributed by atoms with van der Waals surface area (Å²) in [6, 6.07) is -0.502. The third-order valence-electron chi connectivity index (χ3n) is 2.87. The number of urea groups is 1. The minimum absolute atomic E-state index is 0.0178. The van der Waals surface area contributed by atoms with Crippen LogP contribution in [0.25, 0.3) is 0 Å². The zero-order valence-electron chi connectivity index (χ0n) is 12.0. The van der Waals surface area contributed by atoms with E-state index < -0.39 is 17.9 Å². The fourth-order valence-corrected chi connectivity index (χ4v) is 1.81. The van der Waals surface area contributed by atoms with E-state index in [0.29, 0.717) is 0 Å². The fraction of sp³-hybridized carbons (Fsp3) is 0.769. The minimum Gasteiger partial charge on any atom is -0.481 e. The molecule has 0 aromatic heterocycles. The number of nitrogens with one attached hydrogen (secondary N) is 2. The van der Waals surface area contributed by atoms with Gasteiger partial charge in [-0.05, 0) is 18.3 Å². The third-order valence-corrected chi connectivity index (χ3v) is 2.87. The average Bonchev–Trinajstić information content (AvgIpc) is 2.23. The van der Waals surface area contributed by atoms with Crippen molar-refractivity contribution < 1.29 is 19.5 Å². The van der Waals surface area contributed by atoms with Crippen molar-refractivity contribution in [1.82, 2.24) is 10.6 Å². The summed E-state index contributed by atoms with van der Waals surface area (Å²) in [4.78, 5) is 33.6. The Hall–Kier alpha value is -1.59. The van der Waals surface area contributed by atoms with Crippen LogP contribution in [0.5, 0.6) is 0 Å². The van der Waals surface area contributed by atoms with Gasteiger partial charge in [0, 0.05) is 18.9 Å². The molecule has 0 aliphatic carbocycles. The third kappa shape index (κ3) is 8.18. The van der Waals surface area contributed by atoms with Crippen molar-refractivity contribution in [2.75, 3.05) is 0 Å². The van der Waals surface area contributed by atoms with Crippen LogP contribution in [0.1, 0.15) is 47.0 Å². The van der Waals surface area contributed by atoms with Crippen molar-refractivity contribution in [3.05, 3.63) is 0 Å². The van der Waals surface area contributed by atoms with Crippen molar-refractivity contribution in [3.63, 3.8) is 0 Å². The first-order valence-electron chi connectivity index (χ1n) is 6.58. The molecule has 0 aromatic rings. The highest BCUT2D eigenvalue weighted by molar-refractivity contribution is 5.94. The smallest absolute Gasteiger partial charge is 0.321 e. The molecule has 0 spiro atoms. The molecule has 3 amide bonds. The number of carboxylic acids is 1. The number of imide groups is 1. The highest BCUT2D eigenvalue weighted by Crippen LogP contribution is 2.07. The summed E-state index contributed by atoms with van der Waals surface area (Å²) in [6.07, 6.45) is 0.728. The molecule has 6 nitrogen and oxygen atoms in total. The molecule has 2 atom stereocenters. The first kappa shape index (κ1) is 17.4. The summed E-state index contributed by atoms with van der Waals surface area (Å²) < 4.78 is 0. The van der Waals surface area contributed by atoms with Crippen molar-refractivity contribution in [1.29, 1.82) is 0 Å². The molecule has 0 radical (unpaired) electrons. The topological polar surface area (TPSA) is 95.5 Å². The molecule has 0 aromatic carbocycles. The Morgan fingerprint density at radius 2 is 1.68 bits per heavy atom. The van der Waals surface area contributed by atoms with Gasteiger partial charge >= 0.3 is 12.0 Å². The van der Waals surface area contributed by atoms with E-state index in [-0.39, 0.29) is 30.7 Å². The van der Waals surface area contributed by atoms with Gasteiger partial charge in [0.25, 0.3) is 0 Å². The minimum atomic E-state index is -0.949. The van der Waals surface area contributed by atoms with Gasteiger partial charge in [-0.1, -0.05) is 27.7 Å². The molecule has 2 unspecified atom stereocenters. The lowest BCUT2D eigenvalue weighted by atomic mass is 10.0. The summed E-state index contributed by atoms with van der Waals surface area (Å²) >= 11 is 0. The van der Waals surface area contributed by atoms with Crippen LogP contribution in [0.4, 0.5) is 4.79 Å². The van der Waals surface area contributed by atoms with Crippen molar-refractivity contribution in [3.8, 4) is 0 Å². The molecule has 6 heteroatoms. The molecule has 0 saturated carbocycles. The van der Waals surface area contributed by atoms with Crippen molar-refractivity contribution >= 4 is 17.9 Å². The number of rotatable bonds is 7. The second kappa shape index (κ2) is 8.50. The Morgan fingerprint density at radius 1 is 1.11 bits per heavy atom. The monoisotopic (exact) mass is 272 g/mol. The molecule has 0 bridgehead atoms. The maximum atomic E-state index is 11.6. The molecule has 0 aliphatic rings. The van der Waals surface area contributed by atoms with Crippen molar-refractivity contribution in [2.45, 2.75) is 53.0 Å². The zero-order valence-corrected chi connectivity index (χ0v) is 12.0. The van der Waals surface area contributed by atoms with Crippen molar-refractivity contribution in [2.24, 2.45) is 11.8 Å². The molecule has 110 valence electrons. The van der Waals surface area contributed by atoms with Crippen LogP contribution >= 0.6 is 0 Å². The number of carbonyl (C=O) groups is 3. The van der Waals surface area contributed by atoms with Crippen LogP contribution in [-0.2, 0) is 9.59 Å². The van der Waals surface area contributed by atoms with E-state index in [9.17, 15) is 14.4 Å². The van der Waals surface area contributed by atoms with Gasteiger partial charge in [-0.15, -0.1) is 0 Å². The lowest BCUT2D eigenvalue weighted by Crippen LogP contribution is -2.46. The van der Waals surface area contributed by atoms with Crippen LogP contribution in [0.3, 0.4) is 0 Å². The molecular formula is C13H24N2O4. The second-order valence-electron chi connectivity index (χ2n) is 5.19. The van der Waals surface area contributed by atoms with Crippen LogP contribution in [-0.4, -0.2) is 29.1 Å². The average molecular weight is 272 g/mol. The van der Waals surface area contributed by atoms with E-state index >= 15 is 0 Å². The first-order chi connectivity index (χ1) is 8.76. The lowest BCUT2D eigenvalue weighted by Gasteiger charge is -2.20. The molecular weight excluding hydrogens is 248 g/mol. The fourth-order valence-electron chi connectivity index (χ4n) is 1.81. The van der Waals surface area contributed by atoms with Crippen LogP contribution in [0, 0.1) is 11.8 Å². The van der Waals surface area contributed by atoms with E-state index in [0.717, 1.165) is 6.42 Å². The number of carbonyl (C=O) groups excluding carboxylic acids is 2. The maximum absolute atomic E-state index is 11.6. The van der Waals surface area contributed by atoms with Gasteiger partial charge in [0.1, 0.15) is 0 Å². The quantitative estimate of drug-likeness (QED) is 0.658. The molecule has 3 N–H and O–H groups in total. The van der Waals surface area contributed by atoms with Gasteiger partial charge in [-0.2, -0.15) is 0 Å². The largest absolute Gasteiger partial charge is 0.481 e. The van der Waals surface area contributed by atoms with Crippen LogP contribution in [0.15, 0.2) is 0 Å². The predicted octanol–water partition coefficient (Wildman–Crippen LogP) is 1.75. The Kier molecular flexibility index (Phi) is 7.79. The Balaban J connectivity index is 4.12.